The molecule has 1 atom stereocenters. The molecule has 1 heterocycles. The average Bonchev–Trinajstić information content (AvgIpc) is 2.49. The van der Waals surface area contributed by atoms with Gasteiger partial charge in [0.1, 0.15) is 6.04 Å². The third-order valence-electron chi connectivity index (χ3n) is 3.78. The standard InChI is InChI=1S/C16H21N3O2/c1-4-11-7-6-8-12(15(11)17-3)19(5-2)13-9-10-14(20)18-16(13)21/h5-8,13,17H,2,4,9-10H2,1,3H3,(H,18,20,21). The molecule has 1 aromatic carbocycles. The molecule has 1 aromatic rings. The number of amides is 2. The summed E-state index contributed by atoms with van der Waals surface area (Å²) < 4.78 is 0. The van der Waals surface area contributed by atoms with Crippen molar-refractivity contribution in [2.45, 2.75) is 32.2 Å². The Kier molecular flexibility index (Phi) is 4.62. The minimum atomic E-state index is -0.403. The molecule has 0 bridgehead atoms. The van der Waals surface area contributed by atoms with Crippen LogP contribution in [0, 0.1) is 0 Å². The van der Waals surface area contributed by atoms with E-state index in [2.05, 4.69) is 30.2 Å². The Bertz CT molecular complexity index is 569. The van der Waals surface area contributed by atoms with Crippen LogP contribution < -0.4 is 15.5 Å². The smallest absolute Gasteiger partial charge is 0.249 e. The number of nitrogens with zero attached hydrogens (tertiary/aromatic N) is 1. The van der Waals surface area contributed by atoms with Gasteiger partial charge in [-0.15, -0.1) is 0 Å². The predicted molar refractivity (Wildman–Crippen MR) is 84.2 cm³/mol. The number of imide groups is 1. The van der Waals surface area contributed by atoms with Gasteiger partial charge in [-0.2, -0.15) is 0 Å². The molecule has 5 nitrogen and oxygen atoms in total. The fourth-order valence-corrected chi connectivity index (χ4v) is 2.73. The molecule has 0 aromatic heterocycles. The monoisotopic (exact) mass is 287 g/mol. The number of hydrogen-bond donors (Lipinski definition) is 2. The zero-order valence-corrected chi connectivity index (χ0v) is 12.5. The van der Waals surface area contributed by atoms with Gasteiger partial charge >= 0.3 is 0 Å². The van der Waals surface area contributed by atoms with Gasteiger partial charge in [-0.25, -0.2) is 0 Å². The number of hydrogen-bond acceptors (Lipinski definition) is 4. The van der Waals surface area contributed by atoms with Crippen LogP contribution in [0.25, 0.3) is 0 Å². The molecule has 0 radical (unpaired) electrons. The lowest BCUT2D eigenvalue weighted by atomic mass is 10.0. The maximum Gasteiger partial charge on any atom is 0.249 e. The first-order chi connectivity index (χ1) is 10.1. The lowest BCUT2D eigenvalue weighted by Gasteiger charge is -2.33. The summed E-state index contributed by atoms with van der Waals surface area (Å²) in [5.41, 5.74) is 3.07. The Morgan fingerprint density at radius 2 is 2.24 bits per heavy atom. The Labute approximate surface area is 125 Å². The summed E-state index contributed by atoms with van der Waals surface area (Å²) in [6, 6.07) is 5.58. The quantitative estimate of drug-likeness (QED) is 0.814. The van der Waals surface area contributed by atoms with Crippen LogP contribution in [0.2, 0.25) is 0 Å². The largest absolute Gasteiger partial charge is 0.386 e. The van der Waals surface area contributed by atoms with Crippen LogP contribution in [0.4, 0.5) is 11.4 Å². The van der Waals surface area contributed by atoms with Crippen LogP contribution in [-0.4, -0.2) is 24.9 Å². The lowest BCUT2D eigenvalue weighted by Crippen LogP contribution is -2.51. The van der Waals surface area contributed by atoms with E-state index in [0.717, 1.165) is 17.8 Å². The second kappa shape index (κ2) is 6.43. The minimum absolute atomic E-state index is 0.212. The fourth-order valence-electron chi connectivity index (χ4n) is 2.73. The Morgan fingerprint density at radius 1 is 1.48 bits per heavy atom. The summed E-state index contributed by atoms with van der Waals surface area (Å²) in [6.45, 7) is 5.92. The molecule has 112 valence electrons. The van der Waals surface area contributed by atoms with Crippen molar-refractivity contribution in [3.63, 3.8) is 0 Å². The van der Waals surface area contributed by atoms with Gasteiger partial charge in [0.05, 0.1) is 11.4 Å². The molecule has 5 heteroatoms. The number of piperidine rings is 1. The number of para-hydroxylation sites is 1. The zero-order valence-electron chi connectivity index (χ0n) is 12.5. The first kappa shape index (κ1) is 15.1. The maximum absolute atomic E-state index is 12.1. The second-order valence-corrected chi connectivity index (χ2v) is 4.97. The summed E-state index contributed by atoms with van der Waals surface area (Å²) >= 11 is 0. The Hall–Kier alpha value is -2.30. The van der Waals surface area contributed by atoms with Crippen LogP contribution >= 0.6 is 0 Å². The first-order valence-corrected chi connectivity index (χ1v) is 7.16. The van der Waals surface area contributed by atoms with Gasteiger partial charge in [0.15, 0.2) is 0 Å². The minimum Gasteiger partial charge on any atom is -0.386 e. The number of anilines is 2. The van der Waals surface area contributed by atoms with Gasteiger partial charge in [-0.05, 0) is 30.7 Å². The van der Waals surface area contributed by atoms with E-state index in [1.54, 1.807) is 6.20 Å². The molecule has 0 saturated carbocycles. The van der Waals surface area contributed by atoms with Crippen molar-refractivity contribution in [3.8, 4) is 0 Å². The van der Waals surface area contributed by atoms with E-state index in [1.807, 2.05) is 24.1 Å². The van der Waals surface area contributed by atoms with E-state index >= 15 is 0 Å². The first-order valence-electron chi connectivity index (χ1n) is 7.16. The van der Waals surface area contributed by atoms with Crippen molar-refractivity contribution in [1.29, 1.82) is 0 Å². The summed E-state index contributed by atoms with van der Waals surface area (Å²) in [6.07, 6.45) is 3.39. The van der Waals surface area contributed by atoms with Crippen molar-refractivity contribution >= 4 is 23.2 Å². The highest BCUT2D eigenvalue weighted by molar-refractivity contribution is 6.02. The Morgan fingerprint density at radius 3 is 2.81 bits per heavy atom. The molecule has 1 unspecified atom stereocenters. The number of aryl methyl sites for hydroxylation is 1. The van der Waals surface area contributed by atoms with Crippen molar-refractivity contribution < 1.29 is 9.59 Å². The molecule has 2 N–H and O–H groups in total. The van der Waals surface area contributed by atoms with Crippen LogP contribution in [0.5, 0.6) is 0 Å². The van der Waals surface area contributed by atoms with Gasteiger partial charge in [-0.3, -0.25) is 14.9 Å². The number of benzene rings is 1. The highest BCUT2D eigenvalue weighted by Gasteiger charge is 2.31. The number of carbonyl (C=O) groups is 2. The van der Waals surface area contributed by atoms with Crippen molar-refractivity contribution in [3.05, 3.63) is 36.5 Å². The van der Waals surface area contributed by atoms with Gasteiger partial charge in [-0.1, -0.05) is 25.6 Å². The molecule has 1 aliphatic rings. The highest BCUT2D eigenvalue weighted by Crippen LogP contribution is 2.32. The lowest BCUT2D eigenvalue weighted by molar-refractivity contribution is -0.134. The van der Waals surface area contributed by atoms with E-state index in [0.29, 0.717) is 12.8 Å². The molecule has 1 aliphatic heterocycles. The third kappa shape index (κ3) is 2.91. The van der Waals surface area contributed by atoms with Crippen LogP contribution in [0.1, 0.15) is 25.3 Å². The topological polar surface area (TPSA) is 61.4 Å². The molecule has 1 saturated heterocycles. The van der Waals surface area contributed by atoms with Crippen LogP contribution in [0.15, 0.2) is 31.0 Å². The van der Waals surface area contributed by atoms with Gasteiger partial charge in [0, 0.05) is 13.5 Å². The van der Waals surface area contributed by atoms with Gasteiger partial charge < -0.3 is 10.2 Å². The molecule has 2 rings (SSSR count). The van der Waals surface area contributed by atoms with E-state index in [9.17, 15) is 9.59 Å². The summed E-state index contributed by atoms with van der Waals surface area (Å²) in [7, 11) is 1.86. The molecule has 0 spiro atoms. The van der Waals surface area contributed by atoms with Crippen molar-refractivity contribution in [2.75, 3.05) is 17.3 Å². The summed E-state index contributed by atoms with van der Waals surface area (Å²) in [5.74, 6) is -0.480. The van der Waals surface area contributed by atoms with E-state index in [1.165, 1.54) is 5.56 Å². The average molecular weight is 287 g/mol. The molecule has 21 heavy (non-hydrogen) atoms. The van der Waals surface area contributed by atoms with Gasteiger partial charge in [0.2, 0.25) is 11.8 Å². The number of carbonyl (C=O) groups excluding carboxylic acids is 2. The van der Waals surface area contributed by atoms with Crippen molar-refractivity contribution in [2.24, 2.45) is 0 Å². The predicted octanol–water partition coefficient (Wildman–Crippen LogP) is 2.05. The SMILES string of the molecule is C=CN(c1cccc(CC)c1NC)C1CCC(=O)NC1=O. The third-order valence-corrected chi connectivity index (χ3v) is 3.78. The number of nitrogens with one attached hydrogen (secondary N) is 2. The van der Waals surface area contributed by atoms with Gasteiger partial charge in [0.25, 0.3) is 0 Å². The molecule has 0 aliphatic carbocycles. The molecule has 1 fully saturated rings. The van der Waals surface area contributed by atoms with Crippen LogP contribution in [0.3, 0.4) is 0 Å². The number of rotatable bonds is 5. The van der Waals surface area contributed by atoms with E-state index in [4.69, 9.17) is 0 Å². The summed E-state index contributed by atoms with van der Waals surface area (Å²) in [5, 5.41) is 5.60. The molecule has 2 amide bonds. The zero-order chi connectivity index (χ0) is 15.4. The molecular formula is C16H21N3O2. The maximum atomic E-state index is 12.1. The van der Waals surface area contributed by atoms with Crippen LogP contribution in [-0.2, 0) is 16.0 Å². The van der Waals surface area contributed by atoms with E-state index in [-0.39, 0.29) is 11.8 Å². The highest BCUT2D eigenvalue weighted by atomic mass is 16.2. The van der Waals surface area contributed by atoms with E-state index < -0.39 is 6.04 Å². The Balaban J connectivity index is 2.40. The molecular weight excluding hydrogens is 266 g/mol. The van der Waals surface area contributed by atoms with Crippen molar-refractivity contribution in [1.82, 2.24) is 5.32 Å². The fraction of sp³-hybridized carbons (Fsp3) is 0.375. The summed E-state index contributed by atoms with van der Waals surface area (Å²) in [4.78, 5) is 25.2. The normalized spacial score (nSPS) is 18.1. The second-order valence-electron chi connectivity index (χ2n) is 4.97.